The lowest BCUT2D eigenvalue weighted by atomic mass is 9.40. The third-order valence-corrected chi connectivity index (χ3v) is 15.9. The summed E-state index contributed by atoms with van der Waals surface area (Å²) in [6, 6.07) is 17.7. The maximum absolute atomic E-state index is 14.2. The maximum atomic E-state index is 14.2. The number of anilines is 2. The molecule has 12 nitrogen and oxygen atoms in total. The fourth-order valence-corrected chi connectivity index (χ4v) is 15.3. The van der Waals surface area contributed by atoms with Crippen LogP contribution < -0.4 is 15.5 Å². The van der Waals surface area contributed by atoms with Crippen LogP contribution in [-0.2, 0) is 29.0 Å². The molecule has 10 rings (SSSR count). The number of aromatic nitrogens is 4. The van der Waals surface area contributed by atoms with Gasteiger partial charge in [0.05, 0.1) is 16.4 Å². The van der Waals surface area contributed by atoms with Gasteiger partial charge in [-0.25, -0.2) is 19.6 Å². The van der Waals surface area contributed by atoms with Crippen molar-refractivity contribution in [2.24, 2.45) is 16.2 Å². The summed E-state index contributed by atoms with van der Waals surface area (Å²) in [5, 5.41) is 11.6. The first kappa shape index (κ1) is 45.2. The fraction of sp³-hybridized carbons (Fsp3) is 0.529. The van der Waals surface area contributed by atoms with Crippen LogP contribution in [0.15, 0.2) is 60.8 Å². The van der Waals surface area contributed by atoms with Gasteiger partial charge in [-0.2, -0.15) is 16.9 Å². The van der Waals surface area contributed by atoms with E-state index in [9.17, 15) is 14.4 Å². The minimum absolute atomic E-state index is 0.0721. The number of amides is 2. The van der Waals surface area contributed by atoms with Gasteiger partial charge in [0, 0.05) is 59.1 Å². The van der Waals surface area contributed by atoms with E-state index < -0.39 is 17.2 Å². The smallest absolute Gasteiger partial charge is 0.407 e. The Balaban J connectivity index is 0.962. The standard InChI is InChI=1S/C51H63N7O5S2/c1-32-36(23-53-58(32)31-50-26-48(8)25-49(9,27-50)29-51(28-48,30-50)64-22-20-52-45(61)63-47(5,6)7)34-17-18-40(55-41(34)43(60)62-46(2,3)4)57-21-19-33-13-12-14-35(37(33)24-57)42(59)56-44-54-38-15-10-11-16-39(38)65-44/h10-18,23H,19-22,24-31H2,1-9H3,(H,52,61)(H,54,56,59). The molecule has 4 fully saturated rings. The summed E-state index contributed by atoms with van der Waals surface area (Å²) in [5.74, 6) is 0.794. The fourth-order valence-electron chi connectivity index (χ4n) is 12.5. The van der Waals surface area contributed by atoms with Gasteiger partial charge in [0.15, 0.2) is 10.8 Å². The van der Waals surface area contributed by atoms with E-state index in [2.05, 4.69) is 52.0 Å². The van der Waals surface area contributed by atoms with Gasteiger partial charge in [0.1, 0.15) is 17.0 Å². The molecule has 1 aliphatic heterocycles. The highest BCUT2D eigenvalue weighted by Gasteiger charge is 2.65. The summed E-state index contributed by atoms with van der Waals surface area (Å²) in [6.07, 6.45) is 9.30. The summed E-state index contributed by atoms with van der Waals surface area (Å²) in [7, 11) is 0. The molecule has 4 heterocycles. The first-order valence-electron chi connectivity index (χ1n) is 23.0. The lowest BCUT2D eigenvalue weighted by Gasteiger charge is -2.69. The highest BCUT2D eigenvalue weighted by Crippen LogP contribution is 2.74. The first-order valence-corrected chi connectivity index (χ1v) is 24.8. The lowest BCUT2D eigenvalue weighted by molar-refractivity contribution is -0.139. The molecule has 2 N–H and O–H groups in total. The van der Waals surface area contributed by atoms with Crippen LogP contribution in [0.1, 0.15) is 132 Å². The van der Waals surface area contributed by atoms with Crippen molar-refractivity contribution < 1.29 is 23.9 Å². The van der Waals surface area contributed by atoms with Crippen LogP contribution in [0.4, 0.5) is 15.7 Å². The Kier molecular flexibility index (Phi) is 11.4. The van der Waals surface area contributed by atoms with E-state index in [4.69, 9.17) is 19.6 Å². The largest absolute Gasteiger partial charge is 0.455 e. The molecule has 2 aromatic carbocycles. The Hall–Kier alpha value is -4.95. The lowest BCUT2D eigenvalue weighted by Crippen LogP contribution is -2.62. The summed E-state index contributed by atoms with van der Waals surface area (Å²) >= 11 is 3.50. The molecule has 4 bridgehead atoms. The van der Waals surface area contributed by atoms with Gasteiger partial charge in [-0.1, -0.05) is 49.4 Å². The highest BCUT2D eigenvalue weighted by molar-refractivity contribution is 8.00. The Morgan fingerprint density at radius 3 is 2.31 bits per heavy atom. The molecular weight excluding hydrogens is 855 g/mol. The van der Waals surface area contributed by atoms with Crippen molar-refractivity contribution in [2.75, 3.05) is 29.1 Å². The molecule has 3 aromatic heterocycles. The second kappa shape index (κ2) is 16.4. The molecule has 0 saturated heterocycles. The number of hydrogen-bond donors (Lipinski definition) is 2. The van der Waals surface area contributed by atoms with Crippen LogP contribution in [0.5, 0.6) is 0 Å². The van der Waals surface area contributed by atoms with E-state index in [1.807, 2.05) is 108 Å². The number of nitrogens with one attached hydrogen (secondary N) is 2. The van der Waals surface area contributed by atoms with Crippen LogP contribution >= 0.6 is 23.1 Å². The number of ether oxygens (including phenoxy) is 2. The molecule has 4 aliphatic carbocycles. The predicted octanol–water partition coefficient (Wildman–Crippen LogP) is 11.0. The molecule has 5 aromatic rings. The number of alkyl carbamates (subject to hydrolysis) is 1. The van der Waals surface area contributed by atoms with Crippen molar-refractivity contribution in [1.82, 2.24) is 25.1 Å². The molecule has 2 atom stereocenters. The zero-order valence-electron chi connectivity index (χ0n) is 39.4. The van der Waals surface area contributed by atoms with Gasteiger partial charge in [-0.15, -0.1) is 0 Å². The SMILES string of the molecule is Cc1c(-c2ccc(N3CCc4cccc(C(=O)Nc5nc6ccccc6s5)c4C3)nc2C(=O)OC(C)(C)C)cnn1CC12CC3(C)CC(C)(C1)CC(SCCNC(=O)OC(C)(C)C)(C3)C2. The zero-order chi connectivity index (χ0) is 46.2. The Morgan fingerprint density at radius 1 is 0.846 bits per heavy atom. The van der Waals surface area contributed by atoms with E-state index >= 15 is 0 Å². The molecule has 2 unspecified atom stereocenters. The number of carbonyl (C=O) groups excluding carboxylic acids is 3. The van der Waals surface area contributed by atoms with E-state index in [0.717, 1.165) is 70.6 Å². The quantitative estimate of drug-likeness (QED) is 0.0972. The molecule has 5 aliphatic rings. The van der Waals surface area contributed by atoms with Crippen molar-refractivity contribution in [2.45, 2.75) is 136 Å². The number of fused-ring (bicyclic) bond motifs is 2. The molecular formula is C51H63N7O5S2. The predicted molar refractivity (Wildman–Crippen MR) is 260 cm³/mol. The van der Waals surface area contributed by atoms with Gasteiger partial charge in [-0.3, -0.25) is 14.8 Å². The van der Waals surface area contributed by atoms with Crippen molar-refractivity contribution in [3.63, 3.8) is 0 Å². The number of para-hydroxylation sites is 1. The van der Waals surface area contributed by atoms with E-state index in [0.29, 0.717) is 41.7 Å². The molecule has 65 heavy (non-hydrogen) atoms. The summed E-state index contributed by atoms with van der Waals surface area (Å²) < 4.78 is 14.8. The maximum Gasteiger partial charge on any atom is 0.407 e. The monoisotopic (exact) mass is 917 g/mol. The number of thiazole rings is 1. The summed E-state index contributed by atoms with van der Waals surface area (Å²) in [4.78, 5) is 52.3. The van der Waals surface area contributed by atoms with Crippen LogP contribution in [0.3, 0.4) is 0 Å². The molecule has 0 radical (unpaired) electrons. The third kappa shape index (κ3) is 9.52. The number of hydrogen-bond acceptors (Lipinski definition) is 11. The van der Waals surface area contributed by atoms with Crippen LogP contribution in [0, 0.1) is 23.2 Å². The molecule has 0 spiro atoms. The molecule has 4 saturated carbocycles. The van der Waals surface area contributed by atoms with Gasteiger partial charge in [-0.05, 0) is 151 Å². The number of carbonyl (C=O) groups is 3. The Morgan fingerprint density at radius 2 is 1.58 bits per heavy atom. The normalized spacial score (nSPS) is 24.8. The average Bonchev–Trinajstić information content (AvgIpc) is 3.77. The van der Waals surface area contributed by atoms with Crippen LogP contribution in [0.25, 0.3) is 21.3 Å². The Bertz CT molecular complexity index is 2620. The topological polar surface area (TPSA) is 141 Å². The average molecular weight is 918 g/mol. The van der Waals surface area contributed by atoms with Gasteiger partial charge < -0.3 is 19.7 Å². The van der Waals surface area contributed by atoms with Gasteiger partial charge in [0.2, 0.25) is 0 Å². The number of benzene rings is 2. The van der Waals surface area contributed by atoms with Gasteiger partial charge >= 0.3 is 12.1 Å². The molecule has 2 amide bonds. The van der Waals surface area contributed by atoms with Crippen LogP contribution in [-0.4, -0.2) is 72.5 Å². The van der Waals surface area contributed by atoms with Crippen LogP contribution in [0.2, 0.25) is 0 Å². The Labute approximate surface area is 391 Å². The second-order valence-corrected chi connectivity index (χ2v) is 24.7. The van der Waals surface area contributed by atoms with E-state index in [-0.39, 0.29) is 38.7 Å². The number of rotatable bonds is 11. The van der Waals surface area contributed by atoms with Crippen molar-refractivity contribution in [3.8, 4) is 11.1 Å². The summed E-state index contributed by atoms with van der Waals surface area (Å²) in [6.45, 7) is 20.9. The summed E-state index contributed by atoms with van der Waals surface area (Å²) in [5.41, 5.74) is 5.58. The van der Waals surface area contributed by atoms with Crippen molar-refractivity contribution in [3.05, 3.63) is 88.9 Å². The third-order valence-electron chi connectivity index (χ3n) is 13.5. The molecule has 344 valence electrons. The van der Waals surface area contributed by atoms with E-state index in [1.165, 1.54) is 30.6 Å². The molecule has 14 heteroatoms. The number of esters is 1. The number of pyridine rings is 1. The van der Waals surface area contributed by atoms with Gasteiger partial charge in [0.25, 0.3) is 5.91 Å². The highest BCUT2D eigenvalue weighted by atomic mass is 32.2. The minimum Gasteiger partial charge on any atom is -0.455 e. The number of nitrogens with zero attached hydrogens (tertiary/aromatic N) is 5. The zero-order valence-corrected chi connectivity index (χ0v) is 41.0. The number of thioether (sulfide) groups is 1. The van der Waals surface area contributed by atoms with Crippen molar-refractivity contribution in [1.29, 1.82) is 0 Å². The minimum atomic E-state index is -0.731. The van der Waals surface area contributed by atoms with Crippen molar-refractivity contribution >= 4 is 62.2 Å². The second-order valence-electron chi connectivity index (χ2n) is 22.1. The van der Waals surface area contributed by atoms with E-state index in [1.54, 1.807) is 0 Å². The first-order chi connectivity index (χ1) is 30.6.